The maximum absolute atomic E-state index is 12.4. The van der Waals surface area contributed by atoms with E-state index in [1.54, 1.807) is 36.4 Å². The third-order valence-corrected chi connectivity index (χ3v) is 10.9. The summed E-state index contributed by atoms with van der Waals surface area (Å²) in [5, 5.41) is 10.9. The van der Waals surface area contributed by atoms with Gasteiger partial charge in [-0.1, -0.05) is 103 Å². The Bertz CT molecular complexity index is 2050. The minimum Gasteiger partial charge on any atom is -0.493 e. The van der Waals surface area contributed by atoms with Gasteiger partial charge in [-0.25, -0.2) is 14.0 Å². The second kappa shape index (κ2) is 12.9. The lowest BCUT2D eigenvalue weighted by Crippen LogP contribution is -2.29. The van der Waals surface area contributed by atoms with Gasteiger partial charge in [0.2, 0.25) is 5.88 Å². The summed E-state index contributed by atoms with van der Waals surface area (Å²) in [6.45, 7) is 0. The minimum atomic E-state index is -3.91. The van der Waals surface area contributed by atoms with Gasteiger partial charge in [0.1, 0.15) is 5.82 Å². The summed E-state index contributed by atoms with van der Waals surface area (Å²) >= 11 is 19.4. The lowest BCUT2D eigenvalue weighted by Gasteiger charge is -2.22. The molecule has 47 heavy (non-hydrogen) atoms. The van der Waals surface area contributed by atoms with Gasteiger partial charge in [0.05, 0.1) is 27.6 Å². The Morgan fingerprint density at radius 3 is 2.00 bits per heavy atom. The van der Waals surface area contributed by atoms with Crippen LogP contribution in [0.15, 0.2) is 103 Å². The monoisotopic (exact) mass is 704 g/mol. The summed E-state index contributed by atoms with van der Waals surface area (Å²) < 4.78 is 29.7. The molecule has 7 rings (SSSR count). The number of rotatable bonds is 7. The number of nitrogens with one attached hydrogen (secondary N) is 1. The fraction of sp³-hybridized carbons (Fsp3) is 0.194. The highest BCUT2D eigenvalue weighted by Crippen LogP contribution is 2.38. The summed E-state index contributed by atoms with van der Waals surface area (Å²) in [7, 11) is -3.91. The third-order valence-electron chi connectivity index (χ3n) is 8.79. The van der Waals surface area contributed by atoms with Gasteiger partial charge in [-0.2, -0.15) is 8.42 Å². The Kier molecular flexibility index (Phi) is 8.70. The standard InChI is InChI=1S/C36H31Cl3N4O3S/c37-28-19-31(38)36(32(39)20-28)33-21-42(29-14-16-30(17-15-29)43-22-35(44)41-47(43,45)46)34(40-33)18-23-6-8-25(9-7-23)27-12-10-26(11-13-27)24-4-2-1-3-5-24/h6-17,19-22,24,41,44H,1-5,18H2. The number of benzene rings is 4. The number of anilines is 1. The van der Waals surface area contributed by atoms with Gasteiger partial charge in [0, 0.05) is 28.9 Å². The number of aliphatic hydroxyl groups excluding tert-OH is 1. The molecule has 2 N–H and O–H groups in total. The molecule has 11 heteroatoms. The zero-order valence-corrected chi connectivity index (χ0v) is 28.3. The molecule has 0 saturated heterocycles. The predicted molar refractivity (Wildman–Crippen MR) is 190 cm³/mol. The van der Waals surface area contributed by atoms with Crippen molar-refractivity contribution in [2.75, 3.05) is 4.31 Å². The smallest absolute Gasteiger partial charge is 0.330 e. The molecule has 0 unspecified atom stereocenters. The van der Waals surface area contributed by atoms with Crippen LogP contribution in [0.25, 0.3) is 28.1 Å². The number of hydrogen-bond donors (Lipinski definition) is 2. The largest absolute Gasteiger partial charge is 0.493 e. The van der Waals surface area contributed by atoms with Crippen LogP contribution in [-0.4, -0.2) is 23.1 Å². The van der Waals surface area contributed by atoms with E-state index in [4.69, 9.17) is 39.8 Å². The molecule has 0 radical (unpaired) electrons. The van der Waals surface area contributed by atoms with Crippen LogP contribution in [0.3, 0.4) is 0 Å². The van der Waals surface area contributed by atoms with Crippen LogP contribution >= 0.6 is 34.8 Å². The lowest BCUT2D eigenvalue weighted by atomic mass is 9.83. The van der Waals surface area contributed by atoms with Crippen LogP contribution in [0.5, 0.6) is 0 Å². The molecule has 1 aliphatic heterocycles. The van der Waals surface area contributed by atoms with Crippen molar-refractivity contribution in [1.82, 2.24) is 14.3 Å². The molecule has 2 aliphatic rings. The van der Waals surface area contributed by atoms with Crippen molar-refractivity contribution in [3.8, 4) is 28.1 Å². The van der Waals surface area contributed by atoms with Gasteiger partial charge in [-0.15, -0.1) is 0 Å². The summed E-state index contributed by atoms with van der Waals surface area (Å²) in [6.07, 6.45) is 10.0. The van der Waals surface area contributed by atoms with E-state index in [-0.39, 0.29) is 0 Å². The van der Waals surface area contributed by atoms with Gasteiger partial charge < -0.3 is 9.67 Å². The number of nitrogens with zero attached hydrogens (tertiary/aromatic N) is 3. The minimum absolute atomic E-state index is 0.360. The zero-order chi connectivity index (χ0) is 32.7. The second-order valence-corrected chi connectivity index (χ2v) is 14.7. The van der Waals surface area contributed by atoms with Crippen LogP contribution in [-0.2, 0) is 16.6 Å². The zero-order valence-electron chi connectivity index (χ0n) is 25.2. The summed E-state index contributed by atoms with van der Waals surface area (Å²) in [4.78, 5) is 4.96. The Balaban J connectivity index is 1.19. The first-order chi connectivity index (χ1) is 22.6. The van der Waals surface area contributed by atoms with Crippen molar-refractivity contribution in [2.24, 2.45) is 0 Å². The van der Waals surface area contributed by atoms with E-state index in [1.807, 2.05) is 10.8 Å². The van der Waals surface area contributed by atoms with Crippen LogP contribution in [0.2, 0.25) is 15.1 Å². The van der Waals surface area contributed by atoms with Gasteiger partial charge in [0.25, 0.3) is 0 Å². The average molecular weight is 706 g/mol. The molecule has 5 aromatic rings. The number of imidazole rings is 1. The average Bonchev–Trinajstić information content (AvgIpc) is 3.59. The normalized spacial score (nSPS) is 16.2. The number of halogens is 3. The Hall–Kier alpha value is -3.95. The van der Waals surface area contributed by atoms with Crippen molar-refractivity contribution in [3.05, 3.63) is 135 Å². The molecule has 1 saturated carbocycles. The maximum Gasteiger partial charge on any atom is 0.330 e. The summed E-state index contributed by atoms with van der Waals surface area (Å²) in [5.74, 6) is 0.959. The van der Waals surface area contributed by atoms with E-state index < -0.39 is 16.1 Å². The first kappa shape index (κ1) is 31.6. The van der Waals surface area contributed by atoms with Gasteiger partial charge in [-0.3, -0.25) is 0 Å². The number of aromatic nitrogens is 2. The van der Waals surface area contributed by atoms with E-state index >= 15 is 0 Å². The first-order valence-corrected chi connectivity index (χ1v) is 18.0. The van der Waals surface area contributed by atoms with Crippen molar-refractivity contribution in [2.45, 2.75) is 44.4 Å². The van der Waals surface area contributed by atoms with E-state index in [0.717, 1.165) is 33.1 Å². The van der Waals surface area contributed by atoms with Crippen molar-refractivity contribution < 1.29 is 13.5 Å². The molecular weight excluding hydrogens is 675 g/mol. The lowest BCUT2D eigenvalue weighted by molar-refractivity contribution is 0.392. The highest BCUT2D eigenvalue weighted by molar-refractivity contribution is 7.91. The van der Waals surface area contributed by atoms with Gasteiger partial charge >= 0.3 is 10.2 Å². The van der Waals surface area contributed by atoms with Gasteiger partial charge in [-0.05, 0) is 77.4 Å². The molecular formula is C36H31Cl3N4O3S. The first-order valence-electron chi connectivity index (χ1n) is 15.4. The van der Waals surface area contributed by atoms with Gasteiger partial charge in [0.15, 0.2) is 0 Å². The molecule has 4 aromatic carbocycles. The topological polar surface area (TPSA) is 87.5 Å². The number of hydrogen-bond acceptors (Lipinski definition) is 4. The van der Waals surface area contributed by atoms with Crippen LogP contribution in [0, 0.1) is 0 Å². The van der Waals surface area contributed by atoms with Crippen LogP contribution in [0.4, 0.5) is 5.69 Å². The molecule has 2 heterocycles. The van der Waals surface area contributed by atoms with Crippen molar-refractivity contribution in [3.63, 3.8) is 0 Å². The SMILES string of the molecule is O=S1(=O)NC(O)=CN1c1ccc(-n2cc(-c3c(Cl)cc(Cl)cc3Cl)nc2Cc2ccc(-c3ccc(C4CCCCC4)cc3)cc2)cc1. The molecule has 1 aromatic heterocycles. The Labute approximate surface area is 289 Å². The molecule has 0 bridgehead atoms. The molecule has 0 spiro atoms. The fourth-order valence-corrected chi connectivity index (χ4v) is 8.48. The van der Waals surface area contributed by atoms with Crippen LogP contribution < -0.4 is 9.03 Å². The fourth-order valence-electron chi connectivity index (χ4n) is 6.42. The summed E-state index contributed by atoms with van der Waals surface area (Å²) in [6, 6.07) is 27.6. The molecule has 0 amide bonds. The molecule has 1 fully saturated rings. The van der Waals surface area contributed by atoms with Crippen LogP contribution in [0.1, 0.15) is 55.0 Å². The molecule has 0 atom stereocenters. The molecule has 7 nitrogen and oxygen atoms in total. The van der Waals surface area contributed by atoms with E-state index in [0.29, 0.717) is 44.4 Å². The van der Waals surface area contributed by atoms with Crippen molar-refractivity contribution in [1.29, 1.82) is 0 Å². The third kappa shape index (κ3) is 6.61. The Morgan fingerprint density at radius 1 is 0.809 bits per heavy atom. The predicted octanol–water partition coefficient (Wildman–Crippen LogP) is 9.82. The number of aliphatic hydroxyl groups is 1. The van der Waals surface area contributed by atoms with E-state index in [9.17, 15) is 13.5 Å². The maximum atomic E-state index is 12.4. The highest BCUT2D eigenvalue weighted by atomic mass is 35.5. The summed E-state index contributed by atoms with van der Waals surface area (Å²) in [5.41, 5.74) is 7.08. The molecule has 240 valence electrons. The molecule has 1 aliphatic carbocycles. The van der Waals surface area contributed by atoms with E-state index in [2.05, 4.69) is 53.3 Å². The quantitative estimate of drug-likeness (QED) is 0.177. The van der Waals surface area contributed by atoms with E-state index in [1.165, 1.54) is 43.2 Å². The Morgan fingerprint density at radius 2 is 1.40 bits per heavy atom. The highest BCUT2D eigenvalue weighted by Gasteiger charge is 2.28. The second-order valence-electron chi connectivity index (χ2n) is 11.9. The van der Waals surface area contributed by atoms with Crippen molar-refractivity contribution >= 4 is 50.7 Å².